The van der Waals surface area contributed by atoms with Gasteiger partial charge in [-0.3, -0.25) is 4.79 Å². The van der Waals surface area contributed by atoms with E-state index in [1.54, 1.807) is 20.8 Å². The molecule has 0 aromatic carbocycles. The maximum Gasteiger partial charge on any atom is 0.348 e. The first kappa shape index (κ1) is 17.5. The van der Waals surface area contributed by atoms with E-state index in [0.29, 0.717) is 33.3 Å². The van der Waals surface area contributed by atoms with Crippen molar-refractivity contribution < 1.29 is 14.3 Å². The van der Waals surface area contributed by atoms with E-state index < -0.39 is 5.97 Å². The van der Waals surface area contributed by atoms with Crippen molar-refractivity contribution in [3.05, 3.63) is 16.0 Å². The molecule has 0 aliphatic heterocycles. The summed E-state index contributed by atoms with van der Waals surface area (Å²) in [5.41, 5.74) is 0.829. The highest BCUT2D eigenvalue weighted by atomic mass is 35.5. The average molecular weight is 329 g/mol. The third kappa shape index (κ3) is 4.73. The van der Waals surface area contributed by atoms with E-state index >= 15 is 0 Å². The summed E-state index contributed by atoms with van der Waals surface area (Å²) in [6.07, 6.45) is 0.588. The molecular formula is C14H17ClN2O3S. The summed E-state index contributed by atoms with van der Waals surface area (Å²) in [5, 5.41) is 12.2. The molecule has 0 saturated heterocycles. The Balaban J connectivity index is 2.98. The van der Waals surface area contributed by atoms with Crippen LogP contribution in [0.15, 0.2) is 0 Å². The molecule has 0 saturated carbocycles. The molecule has 0 radical (unpaired) electrons. The highest BCUT2D eigenvalue weighted by molar-refractivity contribution is 7.18. The van der Waals surface area contributed by atoms with Crippen molar-refractivity contribution in [2.24, 2.45) is 0 Å². The smallest absolute Gasteiger partial charge is 0.348 e. The summed E-state index contributed by atoms with van der Waals surface area (Å²) in [5.74, 6) is -0.309. The first-order chi connectivity index (χ1) is 9.90. The summed E-state index contributed by atoms with van der Waals surface area (Å²) in [7, 11) is 0. The molecule has 7 heteroatoms. The summed E-state index contributed by atoms with van der Waals surface area (Å²) in [4.78, 5) is 24.0. The molecule has 21 heavy (non-hydrogen) atoms. The number of amides is 1. The lowest BCUT2D eigenvalue weighted by molar-refractivity contribution is -0.116. The minimum atomic E-state index is -0.481. The van der Waals surface area contributed by atoms with Crippen LogP contribution in [0, 0.1) is 18.3 Å². The van der Waals surface area contributed by atoms with Crippen LogP contribution in [0.5, 0.6) is 0 Å². The fraction of sp³-hybridized carbons (Fsp3) is 0.500. The molecule has 0 aliphatic carbocycles. The topological polar surface area (TPSA) is 79.2 Å². The number of alkyl halides is 1. The van der Waals surface area contributed by atoms with Crippen molar-refractivity contribution in [3.63, 3.8) is 0 Å². The minimum absolute atomic E-state index is 0.225. The summed E-state index contributed by atoms with van der Waals surface area (Å²) >= 11 is 6.60. The molecular weight excluding hydrogens is 312 g/mol. The van der Waals surface area contributed by atoms with Crippen LogP contribution in [0.25, 0.3) is 0 Å². The highest BCUT2D eigenvalue weighted by Crippen LogP contribution is 2.33. The minimum Gasteiger partial charge on any atom is -0.459 e. The average Bonchev–Trinajstić information content (AvgIpc) is 2.71. The second-order valence-electron chi connectivity index (χ2n) is 4.67. The number of hydrogen-bond acceptors (Lipinski definition) is 5. The molecule has 0 unspecified atom stereocenters. The fourth-order valence-electron chi connectivity index (χ4n) is 1.61. The third-order valence-electron chi connectivity index (χ3n) is 2.58. The van der Waals surface area contributed by atoms with Gasteiger partial charge in [-0.2, -0.15) is 5.26 Å². The van der Waals surface area contributed by atoms with Crippen molar-refractivity contribution >= 4 is 39.8 Å². The van der Waals surface area contributed by atoms with Gasteiger partial charge in [-0.15, -0.1) is 22.9 Å². The Labute approximate surface area is 132 Å². The highest BCUT2D eigenvalue weighted by Gasteiger charge is 2.22. The second kappa shape index (κ2) is 8.01. The molecule has 1 heterocycles. The van der Waals surface area contributed by atoms with Crippen LogP contribution in [0.1, 0.15) is 47.5 Å². The van der Waals surface area contributed by atoms with Gasteiger partial charge in [0.2, 0.25) is 5.91 Å². The normalized spacial score (nSPS) is 10.3. The Bertz CT molecular complexity index is 576. The zero-order valence-electron chi connectivity index (χ0n) is 12.2. The molecule has 0 bridgehead atoms. The fourth-order valence-corrected chi connectivity index (χ4v) is 2.80. The van der Waals surface area contributed by atoms with Gasteiger partial charge in [0.1, 0.15) is 15.9 Å². The predicted octanol–water partition coefficient (Wildman–Crippen LogP) is 3.45. The van der Waals surface area contributed by atoms with Gasteiger partial charge in [0.05, 0.1) is 11.7 Å². The molecule has 1 rings (SSSR count). The van der Waals surface area contributed by atoms with Crippen molar-refractivity contribution in [3.8, 4) is 6.07 Å². The van der Waals surface area contributed by atoms with Gasteiger partial charge >= 0.3 is 5.97 Å². The molecule has 0 spiro atoms. The van der Waals surface area contributed by atoms with Gasteiger partial charge in [-0.05, 0) is 32.8 Å². The number of nitriles is 1. The molecule has 1 N–H and O–H groups in total. The summed E-state index contributed by atoms with van der Waals surface area (Å²) in [6.45, 7) is 5.17. The number of hydrogen-bond donors (Lipinski definition) is 1. The number of thiophene rings is 1. The number of nitrogens with one attached hydrogen (secondary N) is 1. The Hall–Kier alpha value is -1.58. The molecule has 0 atom stereocenters. The van der Waals surface area contributed by atoms with E-state index in [0.717, 1.165) is 11.3 Å². The van der Waals surface area contributed by atoms with Crippen LogP contribution >= 0.6 is 22.9 Å². The molecule has 1 amide bonds. The predicted molar refractivity (Wildman–Crippen MR) is 82.9 cm³/mol. The van der Waals surface area contributed by atoms with Gasteiger partial charge in [0.25, 0.3) is 0 Å². The van der Waals surface area contributed by atoms with E-state index in [1.807, 2.05) is 6.07 Å². The monoisotopic (exact) mass is 328 g/mol. The van der Waals surface area contributed by atoms with Gasteiger partial charge < -0.3 is 10.1 Å². The van der Waals surface area contributed by atoms with Crippen molar-refractivity contribution in [1.82, 2.24) is 0 Å². The zero-order valence-corrected chi connectivity index (χ0v) is 13.7. The van der Waals surface area contributed by atoms with Crippen LogP contribution in [-0.2, 0) is 9.53 Å². The quantitative estimate of drug-likeness (QED) is 0.640. The van der Waals surface area contributed by atoms with Crippen LogP contribution in [0.4, 0.5) is 5.00 Å². The van der Waals surface area contributed by atoms with Gasteiger partial charge in [0, 0.05) is 12.3 Å². The number of ether oxygens (including phenoxy) is 1. The number of halogens is 1. The van der Waals surface area contributed by atoms with Gasteiger partial charge in [0.15, 0.2) is 0 Å². The van der Waals surface area contributed by atoms with E-state index in [1.165, 1.54) is 0 Å². The van der Waals surface area contributed by atoms with Crippen molar-refractivity contribution in [2.45, 2.75) is 39.7 Å². The number of rotatable bonds is 6. The van der Waals surface area contributed by atoms with E-state index in [9.17, 15) is 14.9 Å². The third-order valence-corrected chi connectivity index (χ3v) is 4.03. The second-order valence-corrected chi connectivity index (χ2v) is 6.07. The molecule has 1 aromatic heterocycles. The van der Waals surface area contributed by atoms with Crippen LogP contribution < -0.4 is 5.32 Å². The Morgan fingerprint density at radius 3 is 2.67 bits per heavy atom. The molecule has 114 valence electrons. The lowest BCUT2D eigenvalue weighted by atomic mass is 10.1. The standard InChI is InChI=1S/C14H17ClN2O3S/c1-8(2)20-14(19)12-9(3)10(7-16)13(21-12)17-11(18)5-4-6-15/h8H,4-6H2,1-3H3,(H,17,18). The van der Waals surface area contributed by atoms with Crippen molar-refractivity contribution in [2.75, 3.05) is 11.2 Å². The van der Waals surface area contributed by atoms with Gasteiger partial charge in [-0.1, -0.05) is 0 Å². The molecule has 0 aliphatic rings. The molecule has 0 fully saturated rings. The molecule has 1 aromatic rings. The van der Waals surface area contributed by atoms with Gasteiger partial charge in [-0.25, -0.2) is 4.79 Å². The van der Waals surface area contributed by atoms with E-state index in [4.69, 9.17) is 16.3 Å². The largest absolute Gasteiger partial charge is 0.459 e. The number of carbonyl (C=O) groups is 2. The first-order valence-electron chi connectivity index (χ1n) is 6.51. The maximum absolute atomic E-state index is 12.0. The first-order valence-corrected chi connectivity index (χ1v) is 7.86. The Kier molecular flexibility index (Phi) is 6.66. The zero-order chi connectivity index (χ0) is 16.0. The number of esters is 1. The Morgan fingerprint density at radius 2 is 2.14 bits per heavy atom. The number of carbonyl (C=O) groups excluding carboxylic acids is 2. The lowest BCUT2D eigenvalue weighted by Gasteiger charge is -2.06. The maximum atomic E-state index is 12.0. The van der Waals surface area contributed by atoms with Crippen LogP contribution in [0.3, 0.4) is 0 Å². The lowest BCUT2D eigenvalue weighted by Crippen LogP contribution is -2.11. The van der Waals surface area contributed by atoms with E-state index in [-0.39, 0.29) is 18.4 Å². The Morgan fingerprint density at radius 1 is 1.48 bits per heavy atom. The van der Waals surface area contributed by atoms with E-state index in [2.05, 4.69) is 5.32 Å². The van der Waals surface area contributed by atoms with Crippen molar-refractivity contribution in [1.29, 1.82) is 5.26 Å². The van der Waals surface area contributed by atoms with Crippen LogP contribution in [0.2, 0.25) is 0 Å². The summed E-state index contributed by atoms with van der Waals surface area (Å²) < 4.78 is 5.13. The summed E-state index contributed by atoms with van der Waals surface area (Å²) in [6, 6.07) is 2.02. The molecule has 5 nitrogen and oxygen atoms in total. The number of anilines is 1. The SMILES string of the molecule is Cc1c(C(=O)OC(C)C)sc(NC(=O)CCCCl)c1C#N. The number of nitrogens with zero attached hydrogens (tertiary/aromatic N) is 1. The van der Waals surface area contributed by atoms with Crippen LogP contribution in [-0.4, -0.2) is 23.9 Å².